The van der Waals surface area contributed by atoms with Crippen LogP contribution in [0.15, 0.2) is 24.3 Å². The molecule has 0 fully saturated rings. The lowest BCUT2D eigenvalue weighted by atomic mass is 10.3. The van der Waals surface area contributed by atoms with Gasteiger partial charge in [0.15, 0.2) is 0 Å². The Kier molecular flexibility index (Phi) is 6.74. The van der Waals surface area contributed by atoms with E-state index in [1.807, 2.05) is 43.0 Å². The average molecular weight is 265 g/mol. The number of ether oxygens (including phenoxy) is 1. The van der Waals surface area contributed by atoms with Crippen molar-refractivity contribution in [3.63, 3.8) is 0 Å². The Hall–Kier alpha value is -1.75. The standard InChI is InChI=1S/C14H23N3O2/c1-3-16-14(18)11-17(4-2)9-10-19-13-8-6-5-7-12(13)15/h5-8H,3-4,9-11,15H2,1-2H3,(H,16,18). The summed E-state index contributed by atoms with van der Waals surface area (Å²) < 4.78 is 5.61. The molecule has 0 aliphatic rings. The highest BCUT2D eigenvalue weighted by molar-refractivity contribution is 5.77. The number of hydrogen-bond acceptors (Lipinski definition) is 4. The number of likely N-dealkylation sites (N-methyl/N-ethyl adjacent to an activating group) is 2. The van der Waals surface area contributed by atoms with E-state index in [0.717, 1.165) is 6.54 Å². The van der Waals surface area contributed by atoms with Crippen LogP contribution >= 0.6 is 0 Å². The molecule has 0 atom stereocenters. The number of nitrogen functional groups attached to an aromatic ring is 1. The van der Waals surface area contributed by atoms with Gasteiger partial charge in [-0.05, 0) is 25.6 Å². The number of carbonyl (C=O) groups is 1. The van der Waals surface area contributed by atoms with Crippen molar-refractivity contribution < 1.29 is 9.53 Å². The summed E-state index contributed by atoms with van der Waals surface area (Å²) in [6.07, 6.45) is 0. The van der Waals surface area contributed by atoms with E-state index in [-0.39, 0.29) is 5.91 Å². The van der Waals surface area contributed by atoms with Crippen molar-refractivity contribution in [1.82, 2.24) is 10.2 Å². The third-order valence-corrected chi connectivity index (χ3v) is 2.77. The molecule has 1 rings (SSSR count). The van der Waals surface area contributed by atoms with Gasteiger partial charge in [-0.3, -0.25) is 9.69 Å². The minimum absolute atomic E-state index is 0.0450. The normalized spacial score (nSPS) is 10.5. The molecular formula is C14H23N3O2. The molecule has 0 heterocycles. The minimum atomic E-state index is 0.0450. The van der Waals surface area contributed by atoms with Crippen LogP contribution in [-0.2, 0) is 4.79 Å². The topological polar surface area (TPSA) is 67.6 Å². The van der Waals surface area contributed by atoms with Crippen molar-refractivity contribution >= 4 is 11.6 Å². The monoisotopic (exact) mass is 265 g/mol. The van der Waals surface area contributed by atoms with Crippen LogP contribution in [0, 0.1) is 0 Å². The number of anilines is 1. The molecule has 0 aliphatic carbocycles. The summed E-state index contributed by atoms with van der Waals surface area (Å²) in [7, 11) is 0. The first-order valence-corrected chi connectivity index (χ1v) is 6.63. The fourth-order valence-electron chi connectivity index (χ4n) is 1.70. The maximum atomic E-state index is 11.5. The Balaban J connectivity index is 2.34. The highest BCUT2D eigenvalue weighted by Crippen LogP contribution is 2.19. The molecule has 5 nitrogen and oxygen atoms in total. The lowest BCUT2D eigenvalue weighted by Crippen LogP contribution is -2.39. The highest BCUT2D eigenvalue weighted by atomic mass is 16.5. The second-order valence-electron chi connectivity index (χ2n) is 4.21. The Morgan fingerprint density at radius 2 is 2.11 bits per heavy atom. The minimum Gasteiger partial charge on any atom is -0.490 e. The number of benzene rings is 1. The molecule has 0 aliphatic heterocycles. The zero-order valence-corrected chi connectivity index (χ0v) is 11.7. The lowest BCUT2D eigenvalue weighted by Gasteiger charge is -2.20. The van der Waals surface area contributed by atoms with Gasteiger partial charge in [-0.1, -0.05) is 19.1 Å². The summed E-state index contributed by atoms with van der Waals surface area (Å²) in [5.41, 5.74) is 6.42. The molecule has 0 bridgehead atoms. The fraction of sp³-hybridized carbons (Fsp3) is 0.500. The van der Waals surface area contributed by atoms with Crippen LogP contribution in [0.1, 0.15) is 13.8 Å². The third kappa shape index (κ3) is 5.61. The summed E-state index contributed by atoms with van der Waals surface area (Å²) in [5, 5.41) is 2.79. The van der Waals surface area contributed by atoms with Crippen molar-refractivity contribution in [2.24, 2.45) is 0 Å². The SMILES string of the molecule is CCNC(=O)CN(CC)CCOc1ccccc1N. The number of para-hydroxylation sites is 2. The van der Waals surface area contributed by atoms with Crippen molar-refractivity contribution in [3.8, 4) is 5.75 Å². The summed E-state index contributed by atoms with van der Waals surface area (Å²) in [6.45, 7) is 7.02. The van der Waals surface area contributed by atoms with Gasteiger partial charge < -0.3 is 15.8 Å². The van der Waals surface area contributed by atoms with E-state index in [1.54, 1.807) is 0 Å². The van der Waals surface area contributed by atoms with Crippen molar-refractivity contribution in [1.29, 1.82) is 0 Å². The largest absolute Gasteiger partial charge is 0.490 e. The Labute approximate surface area is 114 Å². The summed E-state index contributed by atoms with van der Waals surface area (Å²) in [5.74, 6) is 0.736. The van der Waals surface area contributed by atoms with Crippen molar-refractivity contribution in [2.75, 3.05) is 38.5 Å². The van der Waals surface area contributed by atoms with Crippen LogP contribution in [-0.4, -0.2) is 43.6 Å². The van der Waals surface area contributed by atoms with E-state index in [0.29, 0.717) is 37.7 Å². The Morgan fingerprint density at radius 3 is 2.74 bits per heavy atom. The van der Waals surface area contributed by atoms with Gasteiger partial charge in [0.05, 0.1) is 12.2 Å². The maximum absolute atomic E-state index is 11.5. The third-order valence-electron chi connectivity index (χ3n) is 2.77. The molecule has 5 heteroatoms. The molecule has 1 amide bonds. The number of nitrogens with one attached hydrogen (secondary N) is 1. The molecule has 0 saturated carbocycles. The molecule has 0 aromatic heterocycles. The Morgan fingerprint density at radius 1 is 1.37 bits per heavy atom. The van der Waals surface area contributed by atoms with E-state index >= 15 is 0 Å². The second kappa shape index (κ2) is 8.37. The highest BCUT2D eigenvalue weighted by Gasteiger charge is 2.08. The van der Waals surface area contributed by atoms with Gasteiger partial charge in [-0.25, -0.2) is 0 Å². The average Bonchev–Trinajstić information content (AvgIpc) is 2.40. The van der Waals surface area contributed by atoms with Gasteiger partial charge in [0.1, 0.15) is 12.4 Å². The first kappa shape index (κ1) is 15.3. The van der Waals surface area contributed by atoms with Crippen LogP contribution in [0.25, 0.3) is 0 Å². The van der Waals surface area contributed by atoms with Gasteiger partial charge >= 0.3 is 0 Å². The summed E-state index contributed by atoms with van der Waals surface area (Å²) >= 11 is 0. The smallest absolute Gasteiger partial charge is 0.234 e. The molecule has 1 aromatic carbocycles. The second-order valence-corrected chi connectivity index (χ2v) is 4.21. The first-order valence-electron chi connectivity index (χ1n) is 6.63. The van der Waals surface area contributed by atoms with Crippen LogP contribution in [0.2, 0.25) is 0 Å². The lowest BCUT2D eigenvalue weighted by molar-refractivity contribution is -0.122. The number of carbonyl (C=O) groups excluding carboxylic acids is 1. The van der Waals surface area contributed by atoms with E-state index in [4.69, 9.17) is 10.5 Å². The molecule has 3 N–H and O–H groups in total. The number of amides is 1. The van der Waals surface area contributed by atoms with Crippen LogP contribution < -0.4 is 15.8 Å². The Bertz CT molecular complexity index is 396. The quantitative estimate of drug-likeness (QED) is 0.691. The van der Waals surface area contributed by atoms with Gasteiger partial charge in [0, 0.05) is 13.1 Å². The molecule has 0 spiro atoms. The number of nitrogens with zero attached hydrogens (tertiary/aromatic N) is 1. The molecule has 1 aromatic rings. The molecular weight excluding hydrogens is 242 g/mol. The molecule has 0 radical (unpaired) electrons. The predicted molar refractivity (Wildman–Crippen MR) is 77.1 cm³/mol. The predicted octanol–water partition coefficient (Wildman–Crippen LogP) is 1.11. The number of rotatable bonds is 8. The van der Waals surface area contributed by atoms with Crippen molar-refractivity contribution in [2.45, 2.75) is 13.8 Å². The van der Waals surface area contributed by atoms with Gasteiger partial charge in [-0.15, -0.1) is 0 Å². The zero-order chi connectivity index (χ0) is 14.1. The molecule has 106 valence electrons. The molecule has 0 unspecified atom stereocenters. The van der Waals surface area contributed by atoms with E-state index in [2.05, 4.69) is 5.32 Å². The van der Waals surface area contributed by atoms with Crippen LogP contribution in [0.5, 0.6) is 5.75 Å². The first-order chi connectivity index (χ1) is 9.17. The van der Waals surface area contributed by atoms with Crippen LogP contribution in [0.4, 0.5) is 5.69 Å². The molecule has 19 heavy (non-hydrogen) atoms. The summed E-state index contributed by atoms with van der Waals surface area (Å²) in [6, 6.07) is 7.41. The van der Waals surface area contributed by atoms with Gasteiger partial charge in [-0.2, -0.15) is 0 Å². The maximum Gasteiger partial charge on any atom is 0.234 e. The van der Waals surface area contributed by atoms with Crippen LogP contribution in [0.3, 0.4) is 0 Å². The van der Waals surface area contributed by atoms with E-state index in [9.17, 15) is 4.79 Å². The zero-order valence-electron chi connectivity index (χ0n) is 11.7. The van der Waals surface area contributed by atoms with E-state index < -0.39 is 0 Å². The summed E-state index contributed by atoms with van der Waals surface area (Å²) in [4.78, 5) is 13.5. The fourth-order valence-corrected chi connectivity index (χ4v) is 1.70. The number of nitrogens with two attached hydrogens (primary N) is 1. The van der Waals surface area contributed by atoms with E-state index in [1.165, 1.54) is 0 Å². The van der Waals surface area contributed by atoms with Gasteiger partial charge in [0.2, 0.25) is 5.91 Å². The molecule has 0 saturated heterocycles. The number of hydrogen-bond donors (Lipinski definition) is 2. The van der Waals surface area contributed by atoms with Gasteiger partial charge in [0.25, 0.3) is 0 Å². The van der Waals surface area contributed by atoms with Crippen molar-refractivity contribution in [3.05, 3.63) is 24.3 Å².